The molecule has 8 nitrogen and oxygen atoms in total. The van der Waals surface area contributed by atoms with Crippen molar-refractivity contribution in [1.82, 2.24) is 20.7 Å². The number of likely N-dealkylation sites (tertiary alicyclic amines) is 1. The van der Waals surface area contributed by atoms with Gasteiger partial charge in [0.05, 0.1) is 11.6 Å². The van der Waals surface area contributed by atoms with Gasteiger partial charge in [0.15, 0.2) is 0 Å². The number of piperidine rings is 1. The molecule has 2 amide bonds. The van der Waals surface area contributed by atoms with Crippen molar-refractivity contribution < 1.29 is 19.5 Å². The van der Waals surface area contributed by atoms with Crippen LogP contribution in [-0.2, 0) is 11.4 Å². The Morgan fingerprint density at radius 1 is 1.24 bits per heavy atom. The molecule has 1 aliphatic heterocycles. The van der Waals surface area contributed by atoms with Crippen LogP contribution in [0.15, 0.2) is 54.6 Å². The zero-order chi connectivity index (χ0) is 26.4. The van der Waals surface area contributed by atoms with Crippen LogP contribution in [0.25, 0.3) is 10.9 Å². The number of hydrogen-bond acceptors (Lipinski definition) is 6. The van der Waals surface area contributed by atoms with Crippen molar-refractivity contribution in [3.05, 3.63) is 71.4 Å². The summed E-state index contributed by atoms with van der Waals surface area (Å²) in [6.45, 7) is 5.53. The second-order valence-corrected chi connectivity index (χ2v) is 9.46. The van der Waals surface area contributed by atoms with Crippen molar-refractivity contribution in [1.29, 1.82) is 0 Å². The van der Waals surface area contributed by atoms with Gasteiger partial charge in [0, 0.05) is 41.2 Å². The molecule has 3 atom stereocenters. The van der Waals surface area contributed by atoms with Crippen LogP contribution in [0.5, 0.6) is 5.75 Å². The molecular weight excluding hydrogens is 468 g/mol. The largest absolute Gasteiger partial charge is 0.489 e. The first-order chi connectivity index (χ1) is 17.9. The third-order valence-electron chi connectivity index (χ3n) is 6.91. The first-order valence-corrected chi connectivity index (χ1v) is 12.4. The summed E-state index contributed by atoms with van der Waals surface area (Å²) in [6, 6.07) is 16.6. The summed E-state index contributed by atoms with van der Waals surface area (Å²) in [5.41, 5.74) is 5.09. The van der Waals surface area contributed by atoms with E-state index in [9.17, 15) is 9.59 Å². The topological polar surface area (TPSA) is 104 Å². The van der Waals surface area contributed by atoms with Gasteiger partial charge in [-0.2, -0.15) is 0 Å². The molecule has 192 valence electrons. The van der Waals surface area contributed by atoms with Crippen molar-refractivity contribution >= 4 is 22.7 Å². The summed E-state index contributed by atoms with van der Waals surface area (Å²) in [5, 5.41) is 13.1. The summed E-state index contributed by atoms with van der Waals surface area (Å²) in [7, 11) is 0. The van der Waals surface area contributed by atoms with Gasteiger partial charge < -0.3 is 10.1 Å². The third-order valence-corrected chi connectivity index (χ3v) is 6.91. The van der Waals surface area contributed by atoms with E-state index in [4.69, 9.17) is 16.4 Å². The number of aryl methyl sites for hydroxylation is 1. The van der Waals surface area contributed by atoms with E-state index < -0.39 is 5.91 Å². The monoisotopic (exact) mass is 500 g/mol. The zero-order valence-electron chi connectivity index (χ0n) is 21.1. The van der Waals surface area contributed by atoms with E-state index in [-0.39, 0.29) is 30.3 Å². The first kappa shape index (κ1) is 26.1. The number of terminal acetylenes is 1. The Balaban J connectivity index is 1.41. The maximum atomic E-state index is 13.1. The number of fused-ring (bicyclic) bond motifs is 1. The second-order valence-electron chi connectivity index (χ2n) is 9.46. The fraction of sp³-hybridized carbons (Fsp3) is 0.345. The van der Waals surface area contributed by atoms with E-state index in [0.29, 0.717) is 30.9 Å². The highest BCUT2D eigenvalue weighted by Gasteiger charge is 2.33. The van der Waals surface area contributed by atoms with Crippen LogP contribution in [0.3, 0.4) is 0 Å². The molecule has 1 fully saturated rings. The average Bonchev–Trinajstić information content (AvgIpc) is 2.92. The van der Waals surface area contributed by atoms with Crippen molar-refractivity contribution in [2.45, 2.75) is 45.4 Å². The molecule has 2 aromatic carbocycles. The van der Waals surface area contributed by atoms with Gasteiger partial charge in [0.1, 0.15) is 12.4 Å². The number of rotatable bonds is 8. The van der Waals surface area contributed by atoms with Crippen LogP contribution in [-0.4, -0.2) is 52.1 Å². The molecule has 0 bridgehead atoms. The molecule has 1 unspecified atom stereocenters. The number of para-hydroxylation sites is 1. The second kappa shape index (κ2) is 11.9. The standard InChI is InChI=1S/C29H32N4O4/c1-4-20(3)33-14-13-22(16-28(34)32-36)27(17-33)31-29(35)21-9-11-24(12-10-21)37-18-23-15-19(2)30-26-8-6-5-7-25(23)26/h1,5-12,15,20,22,27,36H,13-14,16-18H2,2-3H3,(H,31,35)(H,32,34)/t20?,22-,27+/m0/s1. The van der Waals surface area contributed by atoms with Gasteiger partial charge in [0.2, 0.25) is 5.91 Å². The molecule has 1 aromatic heterocycles. The highest BCUT2D eigenvalue weighted by molar-refractivity contribution is 5.94. The van der Waals surface area contributed by atoms with E-state index in [0.717, 1.165) is 28.7 Å². The molecule has 3 N–H and O–H groups in total. The van der Waals surface area contributed by atoms with Crippen LogP contribution in [0.4, 0.5) is 0 Å². The van der Waals surface area contributed by atoms with Gasteiger partial charge in [-0.25, -0.2) is 5.48 Å². The summed E-state index contributed by atoms with van der Waals surface area (Å²) >= 11 is 0. The lowest BCUT2D eigenvalue weighted by atomic mass is 9.87. The first-order valence-electron chi connectivity index (χ1n) is 12.4. The molecule has 37 heavy (non-hydrogen) atoms. The minimum atomic E-state index is -0.471. The normalized spacial score (nSPS) is 18.5. The highest BCUT2D eigenvalue weighted by Crippen LogP contribution is 2.24. The van der Waals surface area contributed by atoms with Crippen molar-refractivity contribution in [3.8, 4) is 18.1 Å². The fourth-order valence-corrected chi connectivity index (χ4v) is 4.80. The molecule has 8 heteroatoms. The number of ether oxygens (including phenoxy) is 1. The summed E-state index contributed by atoms with van der Waals surface area (Å²) < 4.78 is 6.01. The Labute approximate surface area is 217 Å². The Kier molecular flexibility index (Phi) is 8.39. The fourth-order valence-electron chi connectivity index (χ4n) is 4.80. The third kappa shape index (κ3) is 6.45. The molecule has 3 aromatic rings. The van der Waals surface area contributed by atoms with E-state index in [1.54, 1.807) is 29.7 Å². The van der Waals surface area contributed by atoms with Crippen molar-refractivity contribution in [2.24, 2.45) is 5.92 Å². The molecular formula is C29H32N4O4. The number of hydroxylamine groups is 1. The van der Waals surface area contributed by atoms with Gasteiger partial charge in [0.25, 0.3) is 5.91 Å². The van der Waals surface area contributed by atoms with Crippen LogP contribution < -0.4 is 15.5 Å². The van der Waals surface area contributed by atoms with Gasteiger partial charge in [-0.1, -0.05) is 24.1 Å². The van der Waals surface area contributed by atoms with Crippen molar-refractivity contribution in [3.63, 3.8) is 0 Å². The Morgan fingerprint density at radius 2 is 2.00 bits per heavy atom. The average molecular weight is 501 g/mol. The maximum absolute atomic E-state index is 13.1. The summed E-state index contributed by atoms with van der Waals surface area (Å²) in [4.78, 5) is 31.6. The van der Waals surface area contributed by atoms with Gasteiger partial charge in [-0.3, -0.25) is 24.7 Å². The SMILES string of the molecule is C#CC(C)N1CC[C@@H](CC(=O)NO)[C@H](NC(=O)c2ccc(OCc3cc(C)nc4ccccc34)cc2)C1. The number of carbonyl (C=O) groups excluding carboxylic acids is 2. The van der Waals surface area contributed by atoms with Gasteiger partial charge in [-0.05, 0) is 69.1 Å². The van der Waals surface area contributed by atoms with Crippen molar-refractivity contribution in [2.75, 3.05) is 13.1 Å². The number of benzene rings is 2. The summed E-state index contributed by atoms with van der Waals surface area (Å²) in [6.07, 6.45) is 6.40. The number of nitrogens with one attached hydrogen (secondary N) is 2. The van der Waals surface area contributed by atoms with Crippen LogP contribution in [0.2, 0.25) is 0 Å². The lowest BCUT2D eigenvalue weighted by Crippen LogP contribution is -2.55. The van der Waals surface area contributed by atoms with Crippen LogP contribution in [0.1, 0.15) is 41.4 Å². The van der Waals surface area contributed by atoms with E-state index >= 15 is 0 Å². The quantitative estimate of drug-likeness (QED) is 0.249. The van der Waals surface area contributed by atoms with E-state index in [2.05, 4.69) is 21.1 Å². The number of amides is 2. The van der Waals surface area contributed by atoms with Crippen LogP contribution >= 0.6 is 0 Å². The molecule has 1 saturated heterocycles. The Hall–Kier alpha value is -3.93. The van der Waals surface area contributed by atoms with E-state index in [1.165, 1.54) is 0 Å². The molecule has 2 heterocycles. The van der Waals surface area contributed by atoms with Crippen LogP contribution in [0, 0.1) is 25.2 Å². The molecule has 0 saturated carbocycles. The maximum Gasteiger partial charge on any atom is 0.251 e. The number of pyridine rings is 1. The predicted molar refractivity (Wildman–Crippen MR) is 141 cm³/mol. The number of aromatic nitrogens is 1. The Morgan fingerprint density at radius 3 is 2.73 bits per heavy atom. The predicted octanol–water partition coefficient (Wildman–Crippen LogP) is 3.46. The van der Waals surface area contributed by atoms with Gasteiger partial charge >= 0.3 is 0 Å². The molecule has 1 aliphatic rings. The molecule has 0 radical (unpaired) electrons. The minimum Gasteiger partial charge on any atom is -0.489 e. The van der Waals surface area contributed by atoms with E-state index in [1.807, 2.05) is 44.2 Å². The number of nitrogens with zero attached hydrogens (tertiary/aromatic N) is 2. The molecule has 0 spiro atoms. The zero-order valence-corrected chi connectivity index (χ0v) is 21.1. The summed E-state index contributed by atoms with van der Waals surface area (Å²) in [5.74, 6) is 2.56. The lowest BCUT2D eigenvalue weighted by molar-refractivity contribution is -0.130. The molecule has 4 rings (SSSR count). The number of hydrogen-bond donors (Lipinski definition) is 3. The molecule has 0 aliphatic carbocycles. The Bertz CT molecular complexity index is 1300. The highest BCUT2D eigenvalue weighted by atomic mass is 16.5. The lowest BCUT2D eigenvalue weighted by Gasteiger charge is -2.40. The smallest absolute Gasteiger partial charge is 0.251 e. The van der Waals surface area contributed by atoms with Gasteiger partial charge in [-0.15, -0.1) is 6.42 Å². The minimum absolute atomic E-state index is 0.0789. The number of carbonyl (C=O) groups is 2.